The number of nitrogens with zero attached hydrogens (tertiary/aromatic N) is 3. The van der Waals surface area contributed by atoms with E-state index in [2.05, 4.69) is 20.3 Å². The quantitative estimate of drug-likeness (QED) is 0.585. The summed E-state index contributed by atoms with van der Waals surface area (Å²) in [5, 5.41) is 11.0. The topological polar surface area (TPSA) is 69.0 Å². The molecule has 3 aromatic rings. The number of amides is 1. The van der Waals surface area contributed by atoms with Gasteiger partial charge in [0.2, 0.25) is 5.91 Å². The number of carbonyl (C=O) groups is 1. The highest BCUT2D eigenvalue weighted by Gasteiger charge is 2.32. The highest BCUT2D eigenvalue weighted by atomic mass is 32.2. The maximum atomic E-state index is 12.5. The molecular weight excluding hydrogens is 405 g/mol. The molecule has 0 radical (unpaired) electrons. The number of carbonyl (C=O) groups excluding carboxylic acids is 1. The molecule has 1 aromatic heterocycles. The van der Waals surface area contributed by atoms with Gasteiger partial charge in [-0.15, -0.1) is 23.4 Å². The van der Waals surface area contributed by atoms with Gasteiger partial charge in [0.15, 0.2) is 5.16 Å². The molecule has 0 spiro atoms. The van der Waals surface area contributed by atoms with Crippen molar-refractivity contribution in [3.63, 3.8) is 0 Å². The van der Waals surface area contributed by atoms with Crippen molar-refractivity contribution in [2.24, 2.45) is 0 Å². The standard InChI is InChI=1S/C19H17F3N4O2S/c1-13-6-8-15(9-7-13)26-12-24-25-18(26)29-11-17(27)23-10-14-4-2-3-5-16(14)28-19(20,21)22/h2-9,12H,10-11H2,1H3,(H,23,27). The van der Waals surface area contributed by atoms with Crippen LogP contribution in [-0.2, 0) is 11.3 Å². The summed E-state index contributed by atoms with van der Waals surface area (Å²) in [5.74, 6) is -0.658. The molecule has 29 heavy (non-hydrogen) atoms. The molecular formula is C19H17F3N4O2S. The predicted octanol–water partition coefficient (Wildman–Crippen LogP) is 3.88. The first-order chi connectivity index (χ1) is 13.8. The zero-order chi connectivity index (χ0) is 20.9. The number of hydrogen-bond acceptors (Lipinski definition) is 5. The van der Waals surface area contributed by atoms with E-state index in [0.29, 0.717) is 5.16 Å². The summed E-state index contributed by atoms with van der Waals surface area (Å²) in [5.41, 5.74) is 2.21. The number of benzene rings is 2. The van der Waals surface area contributed by atoms with Crippen LogP contribution in [0.2, 0.25) is 0 Å². The van der Waals surface area contributed by atoms with Crippen LogP contribution < -0.4 is 10.1 Å². The molecule has 0 aliphatic rings. The molecule has 0 bridgehead atoms. The number of thioether (sulfide) groups is 1. The van der Waals surface area contributed by atoms with Crippen molar-refractivity contribution in [1.29, 1.82) is 0 Å². The Bertz CT molecular complexity index is 974. The minimum Gasteiger partial charge on any atom is -0.405 e. The lowest BCUT2D eigenvalue weighted by Gasteiger charge is -2.13. The van der Waals surface area contributed by atoms with Gasteiger partial charge in [0.1, 0.15) is 12.1 Å². The zero-order valence-corrected chi connectivity index (χ0v) is 16.1. The van der Waals surface area contributed by atoms with Crippen LogP contribution in [0.25, 0.3) is 5.69 Å². The van der Waals surface area contributed by atoms with Gasteiger partial charge >= 0.3 is 6.36 Å². The summed E-state index contributed by atoms with van der Waals surface area (Å²) in [6.07, 6.45) is -3.24. The van der Waals surface area contributed by atoms with Crippen LogP contribution in [0.3, 0.4) is 0 Å². The molecule has 0 atom stereocenters. The summed E-state index contributed by atoms with van der Waals surface area (Å²) >= 11 is 1.18. The maximum Gasteiger partial charge on any atom is 0.573 e. The Balaban J connectivity index is 1.57. The van der Waals surface area contributed by atoms with Crippen molar-refractivity contribution in [1.82, 2.24) is 20.1 Å². The first kappa shape index (κ1) is 20.7. The van der Waals surface area contributed by atoms with Gasteiger partial charge in [0.25, 0.3) is 0 Å². The molecule has 1 N–H and O–H groups in total. The van der Waals surface area contributed by atoms with Crippen molar-refractivity contribution in [3.8, 4) is 11.4 Å². The molecule has 152 valence electrons. The third kappa shape index (κ3) is 5.98. The Hall–Kier alpha value is -3.01. The van der Waals surface area contributed by atoms with E-state index in [4.69, 9.17) is 0 Å². The van der Waals surface area contributed by atoms with Crippen LogP contribution in [-0.4, -0.2) is 32.8 Å². The van der Waals surface area contributed by atoms with E-state index in [1.54, 1.807) is 17.0 Å². The van der Waals surface area contributed by atoms with E-state index in [1.807, 2.05) is 31.2 Å². The second-order valence-corrected chi connectivity index (χ2v) is 6.98. The Kier molecular flexibility index (Phi) is 6.42. The van der Waals surface area contributed by atoms with E-state index in [1.165, 1.54) is 30.0 Å². The minimum atomic E-state index is -4.80. The number of halogens is 3. The smallest absolute Gasteiger partial charge is 0.405 e. The lowest BCUT2D eigenvalue weighted by molar-refractivity contribution is -0.274. The van der Waals surface area contributed by atoms with Gasteiger partial charge in [-0.2, -0.15) is 0 Å². The van der Waals surface area contributed by atoms with E-state index < -0.39 is 6.36 Å². The van der Waals surface area contributed by atoms with Crippen molar-refractivity contribution < 1.29 is 22.7 Å². The van der Waals surface area contributed by atoms with Gasteiger partial charge in [-0.1, -0.05) is 47.7 Å². The van der Waals surface area contributed by atoms with Gasteiger partial charge in [-0.25, -0.2) is 0 Å². The summed E-state index contributed by atoms with van der Waals surface area (Å²) in [6.45, 7) is 1.89. The van der Waals surface area contributed by atoms with Crippen molar-refractivity contribution in [2.75, 3.05) is 5.75 Å². The van der Waals surface area contributed by atoms with E-state index in [0.717, 1.165) is 11.3 Å². The number of aromatic nitrogens is 3. The third-order valence-corrected chi connectivity index (χ3v) is 4.78. The zero-order valence-electron chi connectivity index (χ0n) is 15.3. The third-order valence-electron chi connectivity index (χ3n) is 3.84. The number of ether oxygens (including phenoxy) is 1. The second kappa shape index (κ2) is 8.99. The lowest BCUT2D eigenvalue weighted by Crippen LogP contribution is -2.26. The first-order valence-electron chi connectivity index (χ1n) is 8.52. The fourth-order valence-electron chi connectivity index (χ4n) is 2.45. The van der Waals surface area contributed by atoms with Crippen LogP contribution >= 0.6 is 11.8 Å². The first-order valence-corrected chi connectivity index (χ1v) is 9.50. The Labute approximate surface area is 169 Å². The number of alkyl halides is 3. The number of rotatable bonds is 7. The molecule has 6 nitrogen and oxygen atoms in total. The Morgan fingerprint density at radius 2 is 1.90 bits per heavy atom. The van der Waals surface area contributed by atoms with Gasteiger partial charge in [0.05, 0.1) is 5.75 Å². The highest BCUT2D eigenvalue weighted by molar-refractivity contribution is 7.99. The number of para-hydroxylation sites is 1. The largest absolute Gasteiger partial charge is 0.573 e. The maximum absolute atomic E-state index is 12.5. The average Bonchev–Trinajstić information content (AvgIpc) is 3.13. The predicted molar refractivity (Wildman–Crippen MR) is 102 cm³/mol. The van der Waals surface area contributed by atoms with Crippen LogP contribution in [0.1, 0.15) is 11.1 Å². The van der Waals surface area contributed by atoms with Gasteiger partial charge in [-0.05, 0) is 25.1 Å². The second-order valence-electron chi connectivity index (χ2n) is 6.04. The summed E-state index contributed by atoms with van der Waals surface area (Å²) in [4.78, 5) is 12.1. The SMILES string of the molecule is Cc1ccc(-n2cnnc2SCC(=O)NCc2ccccc2OC(F)(F)F)cc1. The van der Waals surface area contributed by atoms with Gasteiger partial charge < -0.3 is 10.1 Å². The summed E-state index contributed by atoms with van der Waals surface area (Å²) in [7, 11) is 0. The molecule has 0 unspecified atom stereocenters. The summed E-state index contributed by atoms with van der Waals surface area (Å²) in [6, 6.07) is 13.4. The molecule has 1 amide bonds. The van der Waals surface area contributed by atoms with Crippen LogP contribution in [0.5, 0.6) is 5.75 Å². The molecule has 0 fully saturated rings. The number of hydrogen-bond donors (Lipinski definition) is 1. The molecule has 0 saturated carbocycles. The molecule has 2 aromatic carbocycles. The Morgan fingerprint density at radius 3 is 2.62 bits per heavy atom. The fourth-order valence-corrected chi connectivity index (χ4v) is 3.21. The van der Waals surface area contributed by atoms with Crippen molar-refractivity contribution >= 4 is 17.7 Å². The van der Waals surface area contributed by atoms with Crippen LogP contribution in [0.4, 0.5) is 13.2 Å². The van der Waals surface area contributed by atoms with E-state index in [9.17, 15) is 18.0 Å². The molecule has 10 heteroatoms. The van der Waals surface area contributed by atoms with Gasteiger partial charge in [0, 0.05) is 17.8 Å². The van der Waals surface area contributed by atoms with Crippen molar-refractivity contribution in [3.05, 3.63) is 66.0 Å². The van der Waals surface area contributed by atoms with Gasteiger partial charge in [-0.3, -0.25) is 9.36 Å². The lowest BCUT2D eigenvalue weighted by atomic mass is 10.2. The highest BCUT2D eigenvalue weighted by Crippen LogP contribution is 2.26. The van der Waals surface area contributed by atoms with E-state index in [-0.39, 0.29) is 29.5 Å². The van der Waals surface area contributed by atoms with Crippen LogP contribution in [0.15, 0.2) is 60.0 Å². The molecule has 0 aliphatic heterocycles. The molecule has 1 heterocycles. The Morgan fingerprint density at radius 1 is 1.17 bits per heavy atom. The average molecular weight is 422 g/mol. The van der Waals surface area contributed by atoms with Crippen molar-refractivity contribution in [2.45, 2.75) is 25.0 Å². The molecule has 3 rings (SSSR count). The molecule has 0 aliphatic carbocycles. The fraction of sp³-hybridized carbons (Fsp3) is 0.211. The van der Waals surface area contributed by atoms with E-state index >= 15 is 0 Å². The van der Waals surface area contributed by atoms with Crippen LogP contribution in [0, 0.1) is 6.92 Å². The minimum absolute atomic E-state index is 0.0346. The molecule has 0 saturated heterocycles. The summed E-state index contributed by atoms with van der Waals surface area (Å²) < 4.78 is 43.1. The monoisotopic (exact) mass is 422 g/mol. The number of aryl methyl sites for hydroxylation is 1. The normalized spacial score (nSPS) is 11.3. The number of nitrogens with one attached hydrogen (secondary N) is 1.